The number of piperidine rings is 1. The molecule has 148 valence electrons. The second-order valence-electron chi connectivity index (χ2n) is 7.10. The molecule has 0 unspecified atom stereocenters. The first-order chi connectivity index (χ1) is 14.2. The first-order valence-electron chi connectivity index (χ1n) is 9.73. The molecule has 1 fully saturated rings. The predicted molar refractivity (Wildman–Crippen MR) is 107 cm³/mol. The van der Waals surface area contributed by atoms with Crippen LogP contribution in [0.2, 0.25) is 0 Å². The van der Waals surface area contributed by atoms with Crippen molar-refractivity contribution in [2.75, 3.05) is 13.1 Å². The average molecular weight is 391 g/mol. The molecule has 2 aromatic carbocycles. The Morgan fingerprint density at radius 1 is 1.00 bits per heavy atom. The molecule has 0 bridgehead atoms. The normalized spacial score (nSPS) is 16.6. The van der Waals surface area contributed by atoms with Crippen molar-refractivity contribution < 1.29 is 13.9 Å². The van der Waals surface area contributed by atoms with Gasteiger partial charge in [0.15, 0.2) is 5.82 Å². The number of aromatic nitrogens is 2. The minimum atomic E-state index is -0.508. The fourth-order valence-electron chi connectivity index (χ4n) is 3.70. The molecule has 0 saturated carbocycles. The lowest BCUT2D eigenvalue weighted by molar-refractivity contribution is -0.134. The zero-order chi connectivity index (χ0) is 20.1. The maximum Gasteiger partial charge on any atom is 0.316 e. The van der Waals surface area contributed by atoms with Crippen LogP contribution < -0.4 is 4.74 Å². The van der Waals surface area contributed by atoms with E-state index >= 15 is 0 Å². The zero-order valence-electron chi connectivity index (χ0n) is 15.9. The van der Waals surface area contributed by atoms with Gasteiger partial charge in [0.25, 0.3) is 0 Å². The summed E-state index contributed by atoms with van der Waals surface area (Å²) in [5.41, 5.74) is 1.93. The molecule has 2 heterocycles. The second kappa shape index (κ2) is 8.82. The van der Waals surface area contributed by atoms with E-state index in [-0.39, 0.29) is 23.9 Å². The molecular formula is C23H22FN3O2. The minimum Gasteiger partial charge on any atom is -0.458 e. The quantitative estimate of drug-likeness (QED) is 0.664. The molecule has 6 heteroatoms. The number of carbonyl (C=O) groups excluding carboxylic acids is 1. The van der Waals surface area contributed by atoms with E-state index in [2.05, 4.69) is 9.97 Å². The van der Waals surface area contributed by atoms with E-state index in [1.165, 1.54) is 0 Å². The van der Waals surface area contributed by atoms with Crippen molar-refractivity contribution in [3.05, 3.63) is 90.0 Å². The van der Waals surface area contributed by atoms with E-state index in [0.717, 1.165) is 36.4 Å². The van der Waals surface area contributed by atoms with Crippen LogP contribution in [0.1, 0.15) is 29.9 Å². The van der Waals surface area contributed by atoms with Crippen molar-refractivity contribution in [3.8, 4) is 6.01 Å². The molecule has 1 atom stereocenters. The van der Waals surface area contributed by atoms with Crippen molar-refractivity contribution in [1.82, 2.24) is 14.9 Å². The highest BCUT2D eigenvalue weighted by atomic mass is 19.1. The number of likely N-dealkylation sites (tertiary alicyclic amines) is 1. The van der Waals surface area contributed by atoms with Gasteiger partial charge in [0.1, 0.15) is 6.10 Å². The van der Waals surface area contributed by atoms with Crippen LogP contribution >= 0.6 is 0 Å². The van der Waals surface area contributed by atoms with Gasteiger partial charge in [0.2, 0.25) is 5.91 Å². The van der Waals surface area contributed by atoms with Gasteiger partial charge in [-0.3, -0.25) is 4.79 Å². The van der Waals surface area contributed by atoms with E-state index in [1.807, 2.05) is 65.6 Å². The molecule has 5 nitrogen and oxygen atoms in total. The fourth-order valence-corrected chi connectivity index (χ4v) is 3.70. The molecule has 1 aliphatic heterocycles. The van der Waals surface area contributed by atoms with Gasteiger partial charge in [0, 0.05) is 6.54 Å². The lowest BCUT2D eigenvalue weighted by Gasteiger charge is -2.34. The molecule has 3 aromatic rings. The van der Waals surface area contributed by atoms with E-state index in [0.29, 0.717) is 13.1 Å². The Kier molecular flexibility index (Phi) is 5.79. The highest BCUT2D eigenvalue weighted by molar-refractivity contribution is 5.87. The maximum absolute atomic E-state index is 13.5. The van der Waals surface area contributed by atoms with Crippen LogP contribution in [0, 0.1) is 5.82 Å². The molecule has 1 saturated heterocycles. The summed E-state index contributed by atoms with van der Waals surface area (Å²) < 4.78 is 18.8. The number of amides is 1. The Bertz CT molecular complexity index is 896. The number of benzene rings is 2. The Balaban J connectivity index is 1.53. The van der Waals surface area contributed by atoms with Crippen LogP contribution in [-0.4, -0.2) is 40.0 Å². The van der Waals surface area contributed by atoms with Crippen molar-refractivity contribution in [3.63, 3.8) is 0 Å². The number of ether oxygens (including phenoxy) is 1. The van der Waals surface area contributed by atoms with E-state index < -0.39 is 5.82 Å². The minimum absolute atomic E-state index is 0.0516. The number of halogens is 1. The summed E-state index contributed by atoms with van der Waals surface area (Å²) in [6.45, 7) is 1.13. The van der Waals surface area contributed by atoms with Gasteiger partial charge in [-0.25, -0.2) is 14.4 Å². The molecule has 0 spiro atoms. The number of hydrogen-bond donors (Lipinski definition) is 0. The first kappa shape index (κ1) is 19.1. The molecule has 1 aliphatic rings. The highest BCUT2D eigenvalue weighted by Crippen LogP contribution is 2.28. The van der Waals surface area contributed by atoms with Gasteiger partial charge in [0.05, 0.1) is 24.9 Å². The summed E-state index contributed by atoms with van der Waals surface area (Å²) in [5.74, 6) is -0.819. The van der Waals surface area contributed by atoms with Crippen LogP contribution in [0.15, 0.2) is 73.1 Å². The van der Waals surface area contributed by atoms with Crippen molar-refractivity contribution in [2.45, 2.75) is 24.9 Å². The summed E-state index contributed by atoms with van der Waals surface area (Å²) in [4.78, 5) is 23.1. The van der Waals surface area contributed by atoms with Crippen molar-refractivity contribution in [2.24, 2.45) is 0 Å². The third-order valence-electron chi connectivity index (χ3n) is 5.07. The molecule has 0 N–H and O–H groups in total. The predicted octanol–water partition coefficient (Wildman–Crippen LogP) is 3.82. The van der Waals surface area contributed by atoms with Crippen LogP contribution in [0.4, 0.5) is 4.39 Å². The summed E-state index contributed by atoms with van der Waals surface area (Å²) in [5, 5.41) is 0. The topological polar surface area (TPSA) is 55.3 Å². The SMILES string of the molecule is O=C(C(c1ccccc1)c1ccccc1)N1CCC[C@H](Oc2ncc(F)cn2)C1. The summed E-state index contributed by atoms with van der Waals surface area (Å²) in [7, 11) is 0. The Morgan fingerprint density at radius 3 is 2.17 bits per heavy atom. The Hall–Kier alpha value is -3.28. The number of nitrogens with zero attached hydrogens (tertiary/aromatic N) is 3. The molecule has 0 radical (unpaired) electrons. The monoisotopic (exact) mass is 391 g/mol. The fraction of sp³-hybridized carbons (Fsp3) is 0.261. The largest absolute Gasteiger partial charge is 0.458 e. The van der Waals surface area contributed by atoms with E-state index in [9.17, 15) is 9.18 Å². The van der Waals surface area contributed by atoms with Crippen LogP contribution in [0.25, 0.3) is 0 Å². The molecular weight excluding hydrogens is 369 g/mol. The Morgan fingerprint density at radius 2 is 1.59 bits per heavy atom. The maximum atomic E-state index is 13.5. The third-order valence-corrected chi connectivity index (χ3v) is 5.07. The first-order valence-corrected chi connectivity index (χ1v) is 9.73. The average Bonchev–Trinajstić information content (AvgIpc) is 2.77. The van der Waals surface area contributed by atoms with Gasteiger partial charge in [-0.15, -0.1) is 0 Å². The van der Waals surface area contributed by atoms with Crippen LogP contribution in [-0.2, 0) is 4.79 Å². The second-order valence-corrected chi connectivity index (χ2v) is 7.10. The van der Waals surface area contributed by atoms with Gasteiger partial charge >= 0.3 is 6.01 Å². The van der Waals surface area contributed by atoms with Crippen LogP contribution in [0.5, 0.6) is 6.01 Å². The van der Waals surface area contributed by atoms with Crippen LogP contribution in [0.3, 0.4) is 0 Å². The summed E-state index contributed by atoms with van der Waals surface area (Å²) >= 11 is 0. The Labute approximate surface area is 169 Å². The lowest BCUT2D eigenvalue weighted by atomic mass is 9.89. The molecule has 4 rings (SSSR count). The van der Waals surface area contributed by atoms with E-state index in [1.54, 1.807) is 0 Å². The molecule has 1 amide bonds. The van der Waals surface area contributed by atoms with Crippen molar-refractivity contribution in [1.29, 1.82) is 0 Å². The number of hydrogen-bond acceptors (Lipinski definition) is 4. The van der Waals surface area contributed by atoms with Gasteiger partial charge in [-0.1, -0.05) is 60.7 Å². The highest BCUT2D eigenvalue weighted by Gasteiger charge is 2.31. The number of rotatable bonds is 5. The van der Waals surface area contributed by atoms with Gasteiger partial charge in [-0.05, 0) is 24.0 Å². The lowest BCUT2D eigenvalue weighted by Crippen LogP contribution is -2.46. The third kappa shape index (κ3) is 4.59. The standard InChI is InChI=1S/C23H22FN3O2/c24-19-14-25-23(26-15-19)29-20-12-7-13-27(16-20)22(28)21(17-8-3-1-4-9-17)18-10-5-2-6-11-18/h1-6,8-11,14-15,20-21H,7,12-13,16H2/t20-/m0/s1. The van der Waals surface area contributed by atoms with E-state index in [4.69, 9.17) is 4.74 Å². The molecule has 29 heavy (non-hydrogen) atoms. The van der Waals surface area contributed by atoms with Gasteiger partial charge < -0.3 is 9.64 Å². The van der Waals surface area contributed by atoms with Gasteiger partial charge in [-0.2, -0.15) is 0 Å². The molecule has 0 aliphatic carbocycles. The summed E-state index contributed by atoms with van der Waals surface area (Å²) in [6.07, 6.45) is 3.56. The number of carbonyl (C=O) groups is 1. The smallest absolute Gasteiger partial charge is 0.316 e. The summed E-state index contributed by atoms with van der Waals surface area (Å²) in [6, 6.07) is 19.8. The van der Waals surface area contributed by atoms with Crippen molar-refractivity contribution >= 4 is 5.91 Å². The molecule has 1 aromatic heterocycles. The zero-order valence-corrected chi connectivity index (χ0v) is 15.9.